The molecule has 9 nitrogen and oxygen atoms in total. The lowest BCUT2D eigenvalue weighted by atomic mass is 10.1. The van der Waals surface area contributed by atoms with Gasteiger partial charge in [0.05, 0.1) is 36.3 Å². The van der Waals surface area contributed by atoms with Gasteiger partial charge in [-0.05, 0) is 42.5 Å². The normalized spacial score (nSPS) is 13.5. The maximum atomic E-state index is 14.0. The van der Waals surface area contributed by atoms with Gasteiger partial charge < -0.3 is 20.3 Å². The summed E-state index contributed by atoms with van der Waals surface area (Å²) in [6, 6.07) is 11.5. The van der Waals surface area contributed by atoms with Crippen LogP contribution >= 0.6 is 0 Å². The number of hydrogen-bond acceptors (Lipinski definition) is 8. The number of halogens is 1. The first-order valence-corrected chi connectivity index (χ1v) is 11.0. The van der Waals surface area contributed by atoms with Gasteiger partial charge in [-0.15, -0.1) is 0 Å². The van der Waals surface area contributed by atoms with Gasteiger partial charge in [0.1, 0.15) is 17.3 Å². The Kier molecular flexibility index (Phi) is 6.27. The smallest absolute Gasteiger partial charge is 0.247 e. The van der Waals surface area contributed by atoms with Crippen LogP contribution in [-0.2, 0) is 9.53 Å². The lowest BCUT2D eigenvalue weighted by Gasteiger charge is -2.27. The SMILES string of the molecule is C=CC(=O)Nc1ccnc(-c2nc(Nc3ccc(N4CCOCC4)nc3)nc3cc(F)ccc23)c1. The maximum absolute atomic E-state index is 14.0. The molecule has 5 rings (SSSR count). The molecule has 4 aromatic rings. The summed E-state index contributed by atoms with van der Waals surface area (Å²) in [4.78, 5) is 32.0. The van der Waals surface area contributed by atoms with Crippen LogP contribution in [0.25, 0.3) is 22.3 Å². The number of carbonyl (C=O) groups is 1. The predicted octanol–water partition coefficient (Wildman–Crippen LogP) is 3.93. The number of carbonyl (C=O) groups excluding carboxylic acids is 1. The lowest BCUT2D eigenvalue weighted by Crippen LogP contribution is -2.36. The van der Waals surface area contributed by atoms with E-state index in [0.717, 1.165) is 18.9 Å². The first-order chi connectivity index (χ1) is 17.1. The van der Waals surface area contributed by atoms with Crippen LogP contribution in [-0.4, -0.2) is 52.1 Å². The fourth-order valence-electron chi connectivity index (χ4n) is 3.75. The van der Waals surface area contributed by atoms with Crippen molar-refractivity contribution in [3.63, 3.8) is 0 Å². The molecule has 176 valence electrons. The van der Waals surface area contributed by atoms with Crippen molar-refractivity contribution >= 4 is 40.0 Å². The Labute approximate surface area is 200 Å². The molecule has 1 aromatic carbocycles. The largest absolute Gasteiger partial charge is 0.378 e. The standard InChI is InChI=1S/C25H22FN7O2/c1-2-23(34)29-17-7-8-27-21(14-17)24-19-5-3-16(26)13-20(19)31-25(32-24)30-18-4-6-22(28-15-18)33-9-11-35-12-10-33/h2-8,13-15H,1,9-12H2,(H,27,29,34)(H,30,31,32). The summed E-state index contributed by atoms with van der Waals surface area (Å²) in [5.74, 6) is 0.377. The van der Waals surface area contributed by atoms with E-state index in [1.54, 1.807) is 30.6 Å². The number of fused-ring (bicyclic) bond motifs is 1. The van der Waals surface area contributed by atoms with Crippen LogP contribution in [0.1, 0.15) is 0 Å². The third-order valence-corrected chi connectivity index (χ3v) is 5.45. The number of hydrogen-bond donors (Lipinski definition) is 2. The van der Waals surface area contributed by atoms with Crippen LogP contribution in [0.5, 0.6) is 0 Å². The van der Waals surface area contributed by atoms with Gasteiger partial charge in [-0.1, -0.05) is 6.58 Å². The van der Waals surface area contributed by atoms with E-state index in [9.17, 15) is 9.18 Å². The molecule has 1 amide bonds. The second kappa shape index (κ2) is 9.82. The van der Waals surface area contributed by atoms with Gasteiger partial charge in [-0.2, -0.15) is 0 Å². The van der Waals surface area contributed by atoms with E-state index in [-0.39, 0.29) is 11.9 Å². The highest BCUT2D eigenvalue weighted by molar-refractivity contribution is 5.99. The van der Waals surface area contributed by atoms with Crippen LogP contribution in [0.15, 0.2) is 67.5 Å². The first kappa shape index (κ1) is 22.4. The molecule has 3 aromatic heterocycles. The molecule has 10 heteroatoms. The Morgan fingerprint density at radius 3 is 2.69 bits per heavy atom. The van der Waals surface area contributed by atoms with Gasteiger partial charge in [-0.25, -0.2) is 19.3 Å². The number of amides is 1. The Morgan fingerprint density at radius 1 is 1.06 bits per heavy atom. The van der Waals surface area contributed by atoms with Crippen LogP contribution < -0.4 is 15.5 Å². The molecule has 0 unspecified atom stereocenters. The van der Waals surface area contributed by atoms with Gasteiger partial charge >= 0.3 is 0 Å². The van der Waals surface area contributed by atoms with Crippen molar-refractivity contribution in [3.05, 3.63) is 73.3 Å². The second-order valence-corrected chi connectivity index (χ2v) is 7.81. The number of morpholine rings is 1. The Hall–Kier alpha value is -4.44. The number of rotatable bonds is 6. The van der Waals surface area contributed by atoms with Crippen LogP contribution in [0.3, 0.4) is 0 Å². The second-order valence-electron chi connectivity index (χ2n) is 7.81. The van der Waals surface area contributed by atoms with Gasteiger partial charge in [0.15, 0.2) is 0 Å². The van der Waals surface area contributed by atoms with E-state index in [0.29, 0.717) is 46.9 Å². The van der Waals surface area contributed by atoms with Crippen LogP contribution in [0, 0.1) is 5.82 Å². The molecule has 2 N–H and O–H groups in total. The Bertz CT molecular complexity index is 1390. The topological polar surface area (TPSA) is 105 Å². The Balaban J connectivity index is 1.48. The van der Waals surface area contributed by atoms with Crippen molar-refractivity contribution in [2.24, 2.45) is 0 Å². The molecule has 0 aliphatic carbocycles. The fourth-order valence-corrected chi connectivity index (χ4v) is 3.75. The number of benzene rings is 1. The summed E-state index contributed by atoms with van der Waals surface area (Å²) in [7, 11) is 0. The number of anilines is 4. The molecule has 0 radical (unpaired) electrons. The average molecular weight is 471 g/mol. The highest BCUT2D eigenvalue weighted by Gasteiger charge is 2.15. The van der Waals surface area contributed by atoms with Crippen molar-refractivity contribution < 1.29 is 13.9 Å². The molecule has 1 fully saturated rings. The zero-order valence-electron chi connectivity index (χ0n) is 18.7. The third-order valence-electron chi connectivity index (χ3n) is 5.45. The monoisotopic (exact) mass is 471 g/mol. The van der Waals surface area contributed by atoms with Gasteiger partial charge in [0.2, 0.25) is 11.9 Å². The zero-order chi connectivity index (χ0) is 24.2. The summed E-state index contributed by atoms with van der Waals surface area (Å²) >= 11 is 0. The van der Waals surface area contributed by atoms with Crippen molar-refractivity contribution in [1.29, 1.82) is 0 Å². The molecule has 0 spiro atoms. The van der Waals surface area contributed by atoms with Gasteiger partial charge in [0, 0.05) is 36.4 Å². The third kappa shape index (κ3) is 5.07. The quantitative estimate of drug-likeness (QED) is 0.408. The minimum atomic E-state index is -0.412. The first-order valence-electron chi connectivity index (χ1n) is 11.0. The minimum absolute atomic E-state index is 0.265. The van der Waals surface area contributed by atoms with Crippen LogP contribution in [0.4, 0.5) is 27.5 Å². The minimum Gasteiger partial charge on any atom is -0.378 e. The zero-order valence-corrected chi connectivity index (χ0v) is 18.7. The molecule has 1 aliphatic heterocycles. The van der Waals surface area contributed by atoms with E-state index in [2.05, 4.69) is 42.0 Å². The Morgan fingerprint density at radius 2 is 1.91 bits per heavy atom. The van der Waals surface area contributed by atoms with E-state index < -0.39 is 5.82 Å². The summed E-state index contributed by atoms with van der Waals surface area (Å²) in [6.45, 7) is 6.41. The van der Waals surface area contributed by atoms with Crippen molar-refractivity contribution in [2.75, 3.05) is 41.8 Å². The fraction of sp³-hybridized carbons (Fsp3) is 0.160. The van der Waals surface area contributed by atoms with Crippen molar-refractivity contribution in [3.8, 4) is 11.4 Å². The molecular weight excluding hydrogens is 449 g/mol. The highest BCUT2D eigenvalue weighted by atomic mass is 19.1. The average Bonchev–Trinajstić information content (AvgIpc) is 2.89. The molecule has 0 bridgehead atoms. The maximum Gasteiger partial charge on any atom is 0.247 e. The van der Waals surface area contributed by atoms with Crippen molar-refractivity contribution in [1.82, 2.24) is 19.9 Å². The highest BCUT2D eigenvalue weighted by Crippen LogP contribution is 2.29. The summed E-state index contributed by atoms with van der Waals surface area (Å²) in [5, 5.41) is 6.48. The van der Waals surface area contributed by atoms with E-state index in [1.807, 2.05) is 12.1 Å². The number of aromatic nitrogens is 4. The molecule has 0 saturated carbocycles. The van der Waals surface area contributed by atoms with E-state index in [4.69, 9.17) is 4.74 Å². The number of pyridine rings is 2. The number of ether oxygens (including phenoxy) is 1. The van der Waals surface area contributed by atoms with Gasteiger partial charge in [0.25, 0.3) is 0 Å². The molecule has 1 aliphatic rings. The van der Waals surface area contributed by atoms with Crippen LogP contribution in [0.2, 0.25) is 0 Å². The van der Waals surface area contributed by atoms with Gasteiger partial charge in [-0.3, -0.25) is 9.78 Å². The molecular formula is C25H22FN7O2. The summed E-state index contributed by atoms with van der Waals surface area (Å²) in [6.07, 6.45) is 4.45. The summed E-state index contributed by atoms with van der Waals surface area (Å²) < 4.78 is 19.4. The molecule has 1 saturated heterocycles. The van der Waals surface area contributed by atoms with E-state index >= 15 is 0 Å². The molecule has 35 heavy (non-hydrogen) atoms. The van der Waals surface area contributed by atoms with E-state index in [1.165, 1.54) is 18.2 Å². The molecule has 4 heterocycles. The predicted molar refractivity (Wildman–Crippen MR) is 132 cm³/mol. The summed E-state index contributed by atoms with van der Waals surface area (Å²) in [5.41, 5.74) is 2.62. The van der Waals surface area contributed by atoms with Crippen molar-refractivity contribution in [2.45, 2.75) is 0 Å². The number of nitrogens with one attached hydrogen (secondary N) is 2. The molecule has 0 atom stereocenters. The lowest BCUT2D eigenvalue weighted by molar-refractivity contribution is -0.111. The number of nitrogens with zero attached hydrogens (tertiary/aromatic N) is 5.